The second kappa shape index (κ2) is 3.06. The summed E-state index contributed by atoms with van der Waals surface area (Å²) < 4.78 is 0. The Hall–Kier alpha value is -1.07. The summed E-state index contributed by atoms with van der Waals surface area (Å²) in [6.07, 6.45) is -0.866. The minimum Gasteiger partial charge on any atom is -0.383 e. The lowest BCUT2D eigenvalue weighted by atomic mass is 10.1. The van der Waals surface area contributed by atoms with Crippen molar-refractivity contribution in [3.8, 4) is 6.07 Å². The number of aliphatic hydroxyl groups is 1. The van der Waals surface area contributed by atoms with Crippen molar-refractivity contribution in [2.45, 2.75) is 13.0 Å². The van der Waals surface area contributed by atoms with Gasteiger partial charge in [-0.3, -0.25) is 0 Å². The molecule has 0 radical (unpaired) electrons. The number of hydrogen-bond acceptors (Lipinski definition) is 2. The predicted molar refractivity (Wildman–Crippen MR) is 35.6 cm³/mol. The van der Waals surface area contributed by atoms with E-state index in [0.29, 0.717) is 5.57 Å². The zero-order chi connectivity index (χ0) is 7.44. The molecule has 48 valence electrons. The van der Waals surface area contributed by atoms with E-state index in [1.54, 1.807) is 13.0 Å². The molecule has 2 nitrogen and oxygen atoms in total. The van der Waals surface area contributed by atoms with E-state index in [1.807, 2.05) is 0 Å². The Kier molecular flexibility index (Phi) is 2.69. The van der Waals surface area contributed by atoms with Crippen LogP contribution in [0.25, 0.3) is 0 Å². The molecule has 0 aliphatic heterocycles. The highest BCUT2D eigenvalue weighted by Gasteiger charge is 2.06. The quantitative estimate of drug-likeness (QED) is 0.439. The molecule has 0 aromatic carbocycles. The molecule has 2 heteroatoms. The van der Waals surface area contributed by atoms with Crippen LogP contribution < -0.4 is 0 Å². The van der Waals surface area contributed by atoms with Crippen molar-refractivity contribution >= 4 is 0 Å². The van der Waals surface area contributed by atoms with Crippen molar-refractivity contribution in [3.05, 3.63) is 24.3 Å². The largest absolute Gasteiger partial charge is 0.383 e. The Balaban J connectivity index is 4.08. The zero-order valence-corrected chi connectivity index (χ0v) is 5.39. The molecule has 0 aromatic rings. The molecule has 1 atom stereocenters. The van der Waals surface area contributed by atoms with Crippen LogP contribution in [0.3, 0.4) is 0 Å². The van der Waals surface area contributed by atoms with Crippen molar-refractivity contribution in [3.63, 3.8) is 0 Å². The van der Waals surface area contributed by atoms with Crippen molar-refractivity contribution in [2.24, 2.45) is 0 Å². The van der Waals surface area contributed by atoms with E-state index in [1.165, 1.54) is 0 Å². The molecule has 0 fully saturated rings. The van der Waals surface area contributed by atoms with E-state index in [0.717, 1.165) is 0 Å². The van der Waals surface area contributed by atoms with E-state index in [4.69, 9.17) is 10.4 Å². The molecule has 0 aromatic heterocycles. The molecule has 0 saturated heterocycles. The summed E-state index contributed by atoms with van der Waals surface area (Å²) in [7, 11) is 0. The summed E-state index contributed by atoms with van der Waals surface area (Å²) in [6.45, 7) is 8.43. The molecule has 0 heterocycles. The fourth-order valence-electron chi connectivity index (χ4n) is 0.359. The van der Waals surface area contributed by atoms with E-state index in [-0.39, 0.29) is 5.57 Å². The van der Waals surface area contributed by atoms with Gasteiger partial charge in [0.1, 0.15) is 6.10 Å². The van der Waals surface area contributed by atoms with Crippen LogP contribution in [0.5, 0.6) is 0 Å². The van der Waals surface area contributed by atoms with Crippen LogP contribution in [-0.2, 0) is 0 Å². The normalized spacial score (nSPS) is 11.7. The summed E-state index contributed by atoms with van der Waals surface area (Å²) in [4.78, 5) is 0. The number of rotatable bonds is 2. The van der Waals surface area contributed by atoms with Crippen LogP contribution in [0.15, 0.2) is 24.3 Å². The molecule has 0 amide bonds. The predicted octanol–water partition coefficient (Wildman–Crippen LogP) is 1.00. The second-order valence-electron chi connectivity index (χ2n) is 1.89. The first-order valence-corrected chi connectivity index (χ1v) is 2.52. The lowest BCUT2D eigenvalue weighted by Gasteiger charge is -2.04. The monoisotopic (exact) mass is 123 g/mol. The summed E-state index contributed by atoms with van der Waals surface area (Å²) in [5, 5.41) is 17.2. The number of nitriles is 1. The topological polar surface area (TPSA) is 44.0 Å². The fraction of sp³-hybridized carbons (Fsp3) is 0.286. The van der Waals surface area contributed by atoms with Gasteiger partial charge in [-0.25, -0.2) is 0 Å². The first-order chi connectivity index (χ1) is 4.09. The van der Waals surface area contributed by atoms with Gasteiger partial charge in [-0.1, -0.05) is 13.2 Å². The first kappa shape index (κ1) is 7.93. The maximum atomic E-state index is 8.97. The highest BCUT2D eigenvalue weighted by molar-refractivity contribution is 5.28. The van der Waals surface area contributed by atoms with E-state index >= 15 is 0 Å². The maximum Gasteiger partial charge on any atom is 0.109 e. The summed E-state index contributed by atoms with van der Waals surface area (Å²) in [5.74, 6) is 0. The second-order valence-corrected chi connectivity index (χ2v) is 1.89. The van der Waals surface area contributed by atoms with Crippen molar-refractivity contribution in [1.82, 2.24) is 0 Å². The summed E-state index contributed by atoms with van der Waals surface area (Å²) in [6, 6.07) is 1.74. The Morgan fingerprint density at radius 3 is 2.22 bits per heavy atom. The lowest BCUT2D eigenvalue weighted by molar-refractivity contribution is 0.252. The third kappa shape index (κ3) is 2.11. The molecule has 0 bridgehead atoms. The van der Waals surface area contributed by atoms with Gasteiger partial charge in [-0.2, -0.15) is 5.26 Å². The average molecular weight is 123 g/mol. The van der Waals surface area contributed by atoms with Gasteiger partial charge in [-0.15, -0.1) is 0 Å². The highest BCUT2D eigenvalue weighted by atomic mass is 16.3. The van der Waals surface area contributed by atoms with Gasteiger partial charge >= 0.3 is 0 Å². The van der Waals surface area contributed by atoms with Gasteiger partial charge in [-0.05, 0) is 12.5 Å². The Bertz CT molecular complexity index is 176. The van der Waals surface area contributed by atoms with Gasteiger partial charge in [0.05, 0.1) is 11.6 Å². The highest BCUT2D eigenvalue weighted by Crippen LogP contribution is 2.05. The molecule has 0 aliphatic rings. The van der Waals surface area contributed by atoms with E-state index < -0.39 is 6.10 Å². The molecule has 9 heavy (non-hydrogen) atoms. The standard InChI is InChI=1S/C7H9NO/c1-5(2)7(9)6(3)4-8/h7,9H,1,3H2,2H3. The zero-order valence-electron chi connectivity index (χ0n) is 5.39. The van der Waals surface area contributed by atoms with Crippen LogP contribution in [0.2, 0.25) is 0 Å². The van der Waals surface area contributed by atoms with Crippen LogP contribution in [0.1, 0.15) is 6.92 Å². The van der Waals surface area contributed by atoms with Crippen LogP contribution >= 0.6 is 0 Å². The minimum absolute atomic E-state index is 0.141. The molecule has 1 N–H and O–H groups in total. The molecular formula is C7H9NO. The molecule has 0 spiro atoms. The average Bonchev–Trinajstić information content (AvgIpc) is 1.84. The molecule has 0 saturated carbocycles. The number of aliphatic hydroxyl groups excluding tert-OH is 1. The molecule has 0 rings (SSSR count). The van der Waals surface area contributed by atoms with Crippen molar-refractivity contribution < 1.29 is 5.11 Å². The Morgan fingerprint density at radius 1 is 1.67 bits per heavy atom. The van der Waals surface area contributed by atoms with Crippen LogP contribution in [-0.4, -0.2) is 11.2 Å². The van der Waals surface area contributed by atoms with Crippen LogP contribution in [0, 0.1) is 11.3 Å². The Labute approximate surface area is 54.7 Å². The van der Waals surface area contributed by atoms with E-state index in [2.05, 4.69) is 13.2 Å². The van der Waals surface area contributed by atoms with Gasteiger partial charge in [0.25, 0.3) is 0 Å². The van der Waals surface area contributed by atoms with Gasteiger partial charge < -0.3 is 5.11 Å². The van der Waals surface area contributed by atoms with Crippen molar-refractivity contribution in [1.29, 1.82) is 5.26 Å². The third-order valence-electron chi connectivity index (χ3n) is 0.940. The Morgan fingerprint density at radius 2 is 2.11 bits per heavy atom. The summed E-state index contributed by atoms with van der Waals surface area (Å²) in [5.41, 5.74) is 0.684. The molecule has 1 unspecified atom stereocenters. The third-order valence-corrected chi connectivity index (χ3v) is 0.940. The number of hydrogen-bond donors (Lipinski definition) is 1. The smallest absolute Gasteiger partial charge is 0.109 e. The SMILES string of the molecule is C=C(C)C(O)C(=C)C#N. The minimum atomic E-state index is -0.866. The summed E-state index contributed by atoms with van der Waals surface area (Å²) >= 11 is 0. The van der Waals surface area contributed by atoms with Gasteiger partial charge in [0.2, 0.25) is 0 Å². The fourth-order valence-corrected chi connectivity index (χ4v) is 0.359. The lowest BCUT2D eigenvalue weighted by Crippen LogP contribution is -2.08. The van der Waals surface area contributed by atoms with Gasteiger partial charge in [0, 0.05) is 0 Å². The molecule has 0 aliphatic carbocycles. The van der Waals surface area contributed by atoms with E-state index in [9.17, 15) is 0 Å². The van der Waals surface area contributed by atoms with Gasteiger partial charge in [0.15, 0.2) is 0 Å². The maximum absolute atomic E-state index is 8.97. The van der Waals surface area contributed by atoms with Crippen molar-refractivity contribution in [2.75, 3.05) is 0 Å². The van der Waals surface area contributed by atoms with Crippen LogP contribution in [0.4, 0.5) is 0 Å². The first-order valence-electron chi connectivity index (χ1n) is 2.52. The number of nitrogens with zero attached hydrogens (tertiary/aromatic N) is 1. The molecular weight excluding hydrogens is 114 g/mol.